The van der Waals surface area contributed by atoms with Crippen molar-refractivity contribution in [3.8, 4) is 0 Å². The standard InChI is InChI=1S/C14H19BrCl2N2/c1-9(2)11-8-19(7-3-6-18-11)12-5-4-10(15)13(16)14(12)17/h4-5,9,11,18H,3,6-8H2,1-2H3. The molecule has 1 unspecified atom stereocenters. The third kappa shape index (κ3) is 3.57. The van der Waals surface area contributed by atoms with Gasteiger partial charge in [0.05, 0.1) is 15.7 Å². The van der Waals surface area contributed by atoms with Gasteiger partial charge in [-0.15, -0.1) is 0 Å². The summed E-state index contributed by atoms with van der Waals surface area (Å²) in [4.78, 5) is 2.34. The minimum Gasteiger partial charge on any atom is -0.369 e. The van der Waals surface area contributed by atoms with Crippen molar-refractivity contribution in [3.05, 3.63) is 26.7 Å². The molecule has 1 aliphatic rings. The van der Waals surface area contributed by atoms with Crippen molar-refractivity contribution in [2.24, 2.45) is 5.92 Å². The van der Waals surface area contributed by atoms with E-state index in [1.807, 2.05) is 12.1 Å². The van der Waals surface area contributed by atoms with Gasteiger partial charge in [-0.25, -0.2) is 0 Å². The molecule has 1 fully saturated rings. The van der Waals surface area contributed by atoms with Gasteiger partial charge in [-0.2, -0.15) is 0 Å². The van der Waals surface area contributed by atoms with Gasteiger partial charge in [-0.1, -0.05) is 37.0 Å². The number of halogens is 3. The van der Waals surface area contributed by atoms with Gasteiger partial charge in [-0.05, 0) is 46.9 Å². The lowest BCUT2D eigenvalue weighted by molar-refractivity contribution is 0.420. The Labute approximate surface area is 133 Å². The van der Waals surface area contributed by atoms with Crippen LogP contribution in [0.4, 0.5) is 5.69 Å². The van der Waals surface area contributed by atoms with E-state index >= 15 is 0 Å². The highest BCUT2D eigenvalue weighted by Crippen LogP contribution is 2.38. The van der Waals surface area contributed by atoms with Crippen LogP contribution < -0.4 is 10.2 Å². The Bertz CT molecular complexity index is 451. The zero-order chi connectivity index (χ0) is 14.0. The largest absolute Gasteiger partial charge is 0.369 e. The van der Waals surface area contributed by atoms with Gasteiger partial charge in [0.2, 0.25) is 0 Å². The lowest BCUT2D eigenvalue weighted by atomic mass is 10.0. The maximum atomic E-state index is 6.39. The maximum absolute atomic E-state index is 6.39. The summed E-state index contributed by atoms with van der Waals surface area (Å²) in [6, 6.07) is 4.49. The number of anilines is 1. The van der Waals surface area contributed by atoms with E-state index in [0.717, 1.165) is 36.2 Å². The fourth-order valence-electron chi connectivity index (χ4n) is 2.38. The second kappa shape index (κ2) is 6.66. The lowest BCUT2D eigenvalue weighted by Gasteiger charge is -2.29. The molecule has 2 nitrogen and oxygen atoms in total. The number of nitrogens with one attached hydrogen (secondary N) is 1. The van der Waals surface area contributed by atoms with Crippen LogP contribution in [0.15, 0.2) is 16.6 Å². The molecule has 0 bridgehead atoms. The molecular formula is C14H19BrCl2N2. The second-order valence-electron chi connectivity index (χ2n) is 5.30. The molecule has 1 saturated heterocycles. The van der Waals surface area contributed by atoms with E-state index in [1.54, 1.807) is 0 Å². The van der Waals surface area contributed by atoms with E-state index in [4.69, 9.17) is 23.2 Å². The van der Waals surface area contributed by atoms with Crippen molar-refractivity contribution < 1.29 is 0 Å². The smallest absolute Gasteiger partial charge is 0.0837 e. The number of hydrogen-bond donors (Lipinski definition) is 1. The van der Waals surface area contributed by atoms with Crippen LogP contribution in [0.1, 0.15) is 20.3 Å². The minimum absolute atomic E-state index is 0.487. The van der Waals surface area contributed by atoms with Crippen LogP contribution in [0.5, 0.6) is 0 Å². The molecule has 1 aromatic rings. The molecule has 1 heterocycles. The lowest BCUT2D eigenvalue weighted by Crippen LogP contribution is -2.41. The summed E-state index contributed by atoms with van der Waals surface area (Å²) in [5, 5.41) is 4.83. The summed E-state index contributed by atoms with van der Waals surface area (Å²) in [6.45, 7) is 7.53. The van der Waals surface area contributed by atoms with Crippen molar-refractivity contribution in [1.29, 1.82) is 0 Å². The first-order valence-corrected chi connectivity index (χ1v) is 8.17. The fraction of sp³-hybridized carbons (Fsp3) is 0.571. The van der Waals surface area contributed by atoms with Gasteiger partial charge < -0.3 is 10.2 Å². The number of rotatable bonds is 2. The molecule has 1 aliphatic heterocycles. The van der Waals surface area contributed by atoms with Gasteiger partial charge >= 0.3 is 0 Å². The highest BCUT2D eigenvalue weighted by atomic mass is 79.9. The van der Waals surface area contributed by atoms with E-state index in [1.165, 1.54) is 0 Å². The molecule has 2 rings (SSSR count). The van der Waals surface area contributed by atoms with Crippen LogP contribution in [-0.2, 0) is 0 Å². The van der Waals surface area contributed by atoms with Crippen LogP contribution in [0.3, 0.4) is 0 Å². The molecule has 1 N–H and O–H groups in total. The average Bonchev–Trinajstić information content (AvgIpc) is 2.62. The summed E-state index contributed by atoms with van der Waals surface area (Å²) in [5.41, 5.74) is 1.03. The Balaban J connectivity index is 2.27. The first-order chi connectivity index (χ1) is 9.00. The Kier molecular flexibility index (Phi) is 5.41. The van der Waals surface area contributed by atoms with Crippen LogP contribution in [-0.4, -0.2) is 25.7 Å². The van der Waals surface area contributed by atoms with Crippen LogP contribution in [0, 0.1) is 5.92 Å². The Morgan fingerprint density at radius 3 is 2.74 bits per heavy atom. The molecule has 106 valence electrons. The van der Waals surface area contributed by atoms with Gasteiger partial charge in [0.1, 0.15) is 0 Å². The molecule has 0 aromatic heterocycles. The molecule has 0 aliphatic carbocycles. The molecule has 0 amide bonds. The number of benzene rings is 1. The van der Waals surface area contributed by atoms with E-state index < -0.39 is 0 Å². The molecule has 1 aromatic carbocycles. The highest BCUT2D eigenvalue weighted by Gasteiger charge is 2.22. The van der Waals surface area contributed by atoms with Gasteiger partial charge in [0.15, 0.2) is 0 Å². The Morgan fingerprint density at radius 2 is 2.05 bits per heavy atom. The van der Waals surface area contributed by atoms with Gasteiger partial charge in [-0.3, -0.25) is 0 Å². The summed E-state index contributed by atoms with van der Waals surface area (Å²) in [5.74, 6) is 0.602. The quantitative estimate of drug-likeness (QED) is 0.771. The number of hydrogen-bond acceptors (Lipinski definition) is 2. The summed E-state index contributed by atoms with van der Waals surface area (Å²) in [7, 11) is 0. The van der Waals surface area contributed by atoms with Crippen molar-refractivity contribution in [3.63, 3.8) is 0 Å². The third-order valence-corrected chi connectivity index (χ3v) is 5.35. The molecule has 0 spiro atoms. The highest BCUT2D eigenvalue weighted by molar-refractivity contribution is 9.10. The summed E-state index contributed by atoms with van der Waals surface area (Å²) < 4.78 is 0.844. The molecule has 0 radical (unpaired) electrons. The van der Waals surface area contributed by atoms with Crippen molar-refractivity contribution in [1.82, 2.24) is 5.32 Å². The molecular weight excluding hydrogens is 347 g/mol. The molecule has 0 saturated carbocycles. The molecule has 5 heteroatoms. The van der Waals surface area contributed by atoms with E-state index in [2.05, 4.69) is 40.0 Å². The Hall–Kier alpha value is 0.0400. The summed E-state index contributed by atoms with van der Waals surface area (Å²) >= 11 is 16.0. The average molecular weight is 366 g/mol. The zero-order valence-electron chi connectivity index (χ0n) is 11.2. The van der Waals surface area contributed by atoms with E-state index in [-0.39, 0.29) is 0 Å². The fourth-order valence-corrected chi connectivity index (χ4v) is 3.26. The predicted octanol–water partition coefficient (Wildman–Crippen LogP) is 4.58. The first kappa shape index (κ1) is 15.4. The maximum Gasteiger partial charge on any atom is 0.0837 e. The zero-order valence-corrected chi connectivity index (χ0v) is 14.3. The molecule has 1 atom stereocenters. The topological polar surface area (TPSA) is 15.3 Å². The van der Waals surface area contributed by atoms with Crippen molar-refractivity contribution >= 4 is 44.8 Å². The van der Waals surface area contributed by atoms with E-state index in [9.17, 15) is 0 Å². The van der Waals surface area contributed by atoms with Crippen LogP contribution in [0.25, 0.3) is 0 Å². The van der Waals surface area contributed by atoms with Crippen molar-refractivity contribution in [2.45, 2.75) is 26.3 Å². The minimum atomic E-state index is 0.487. The van der Waals surface area contributed by atoms with Gasteiger partial charge in [0, 0.05) is 23.6 Å². The SMILES string of the molecule is CC(C)C1CN(c2ccc(Br)c(Cl)c2Cl)CCCN1. The van der Waals surface area contributed by atoms with Crippen LogP contribution >= 0.6 is 39.1 Å². The van der Waals surface area contributed by atoms with Gasteiger partial charge in [0.25, 0.3) is 0 Å². The third-order valence-electron chi connectivity index (χ3n) is 3.59. The second-order valence-corrected chi connectivity index (χ2v) is 6.91. The Morgan fingerprint density at radius 1 is 1.32 bits per heavy atom. The molecule has 19 heavy (non-hydrogen) atoms. The normalized spacial score (nSPS) is 20.7. The number of nitrogens with zero attached hydrogens (tertiary/aromatic N) is 1. The van der Waals surface area contributed by atoms with Crippen LogP contribution in [0.2, 0.25) is 10.0 Å². The predicted molar refractivity (Wildman–Crippen MR) is 87.6 cm³/mol. The first-order valence-electron chi connectivity index (χ1n) is 6.62. The summed E-state index contributed by atoms with van der Waals surface area (Å²) in [6.07, 6.45) is 1.12. The van der Waals surface area contributed by atoms with Crippen molar-refractivity contribution in [2.75, 3.05) is 24.5 Å². The monoisotopic (exact) mass is 364 g/mol. The van der Waals surface area contributed by atoms with E-state index in [0.29, 0.717) is 22.0 Å².